The van der Waals surface area contributed by atoms with Gasteiger partial charge < -0.3 is 20.5 Å². The second-order valence-electron chi connectivity index (χ2n) is 8.50. The van der Waals surface area contributed by atoms with Crippen molar-refractivity contribution in [1.82, 2.24) is 0 Å². The summed E-state index contributed by atoms with van der Waals surface area (Å²) < 4.78 is 5.32. The smallest absolute Gasteiger partial charge is 0.255 e. The fourth-order valence-corrected chi connectivity index (χ4v) is 4.92. The predicted molar refractivity (Wildman–Crippen MR) is 127 cm³/mol. The molecule has 5 heteroatoms. The topological polar surface area (TPSA) is 70.6 Å². The van der Waals surface area contributed by atoms with Crippen LogP contribution in [0.5, 0.6) is 11.5 Å². The van der Waals surface area contributed by atoms with Gasteiger partial charge in [-0.3, -0.25) is 4.79 Å². The maximum atomic E-state index is 12.7. The summed E-state index contributed by atoms with van der Waals surface area (Å²) in [5, 5.41) is 17.4. The highest BCUT2D eigenvalue weighted by atomic mass is 16.5. The van der Waals surface area contributed by atoms with E-state index in [0.717, 1.165) is 34.5 Å². The normalized spacial score (nSPS) is 20.8. The third-order valence-corrected chi connectivity index (χ3v) is 6.49. The van der Waals surface area contributed by atoms with Crippen LogP contribution in [0.4, 0.5) is 11.4 Å². The summed E-state index contributed by atoms with van der Waals surface area (Å²) in [5.74, 6) is 1.02. The Labute approximate surface area is 187 Å². The molecule has 3 N–H and O–H groups in total. The molecule has 0 fully saturated rings. The zero-order chi connectivity index (χ0) is 22.2. The summed E-state index contributed by atoms with van der Waals surface area (Å²) in [4.78, 5) is 12.7. The Kier molecular flexibility index (Phi) is 5.10. The molecule has 0 radical (unpaired) electrons. The Morgan fingerprint density at radius 2 is 1.94 bits per heavy atom. The Bertz CT molecular complexity index is 1220. The van der Waals surface area contributed by atoms with Crippen LogP contribution in [-0.4, -0.2) is 18.1 Å². The molecule has 1 aliphatic carbocycles. The summed E-state index contributed by atoms with van der Waals surface area (Å²) in [5.41, 5.74) is 5.48. The molecular formula is C27H26N2O3. The average Bonchev–Trinajstić information content (AvgIpc) is 3.29. The highest BCUT2D eigenvalue weighted by molar-refractivity contribution is 6.04. The maximum absolute atomic E-state index is 12.7. The Morgan fingerprint density at radius 1 is 1.09 bits per heavy atom. The number of rotatable bonds is 4. The number of allylic oxidation sites excluding steroid dienone is 2. The lowest BCUT2D eigenvalue weighted by atomic mass is 9.76. The number of aromatic hydroxyl groups is 1. The van der Waals surface area contributed by atoms with Crippen molar-refractivity contribution in [3.05, 3.63) is 95.1 Å². The van der Waals surface area contributed by atoms with E-state index in [2.05, 4.69) is 28.9 Å². The van der Waals surface area contributed by atoms with Crippen molar-refractivity contribution in [2.75, 3.05) is 17.7 Å². The van der Waals surface area contributed by atoms with Crippen molar-refractivity contribution in [3.63, 3.8) is 0 Å². The Hall–Kier alpha value is -3.73. The lowest BCUT2D eigenvalue weighted by molar-refractivity contribution is 0.102. The van der Waals surface area contributed by atoms with Crippen LogP contribution in [0.2, 0.25) is 0 Å². The number of benzene rings is 3. The van der Waals surface area contributed by atoms with E-state index in [1.807, 2.05) is 55.5 Å². The number of aryl methyl sites for hydroxylation is 1. The van der Waals surface area contributed by atoms with E-state index in [1.54, 1.807) is 13.2 Å². The van der Waals surface area contributed by atoms with Gasteiger partial charge in [-0.25, -0.2) is 0 Å². The largest absolute Gasteiger partial charge is 0.504 e. The van der Waals surface area contributed by atoms with Gasteiger partial charge in [-0.05, 0) is 61.2 Å². The standard InChI is InChI=1S/C27H26N2O3/c1-16-6-3-7-17(14-16)27(31)28-18-12-13-23-22(15-18)19-8-4-9-20(19)25(29-23)21-10-5-11-24(32-2)26(21)30/h3-8,10-15,19-20,25,29-30H,9H2,1-2H3,(H,28,31). The van der Waals surface area contributed by atoms with Gasteiger partial charge in [0.15, 0.2) is 11.5 Å². The minimum absolute atomic E-state index is 0.0367. The number of nitrogens with one attached hydrogen (secondary N) is 2. The van der Waals surface area contributed by atoms with Crippen LogP contribution >= 0.6 is 0 Å². The van der Waals surface area contributed by atoms with E-state index < -0.39 is 0 Å². The van der Waals surface area contributed by atoms with E-state index in [4.69, 9.17) is 4.74 Å². The first-order valence-electron chi connectivity index (χ1n) is 10.9. The summed E-state index contributed by atoms with van der Waals surface area (Å²) in [6.45, 7) is 1.98. The molecule has 3 aromatic carbocycles. The number of carbonyl (C=O) groups excluding carboxylic acids is 1. The zero-order valence-corrected chi connectivity index (χ0v) is 18.1. The molecule has 1 heterocycles. The number of anilines is 2. The third kappa shape index (κ3) is 3.50. The monoisotopic (exact) mass is 426 g/mol. The molecule has 0 bridgehead atoms. The highest BCUT2D eigenvalue weighted by Crippen LogP contribution is 2.52. The fraction of sp³-hybridized carbons (Fsp3) is 0.222. The number of hydrogen-bond donors (Lipinski definition) is 3. The van der Waals surface area contributed by atoms with Crippen molar-refractivity contribution >= 4 is 17.3 Å². The van der Waals surface area contributed by atoms with Crippen LogP contribution in [0.1, 0.15) is 45.4 Å². The highest BCUT2D eigenvalue weighted by Gasteiger charge is 2.39. The van der Waals surface area contributed by atoms with Gasteiger partial charge >= 0.3 is 0 Å². The van der Waals surface area contributed by atoms with Crippen LogP contribution < -0.4 is 15.4 Å². The van der Waals surface area contributed by atoms with Gasteiger partial charge in [-0.15, -0.1) is 0 Å². The summed E-state index contributed by atoms with van der Waals surface area (Å²) in [6.07, 6.45) is 5.35. The van der Waals surface area contributed by atoms with E-state index in [9.17, 15) is 9.90 Å². The number of para-hydroxylation sites is 1. The van der Waals surface area contributed by atoms with Crippen LogP contribution in [0.25, 0.3) is 0 Å². The molecule has 0 aromatic heterocycles. The zero-order valence-electron chi connectivity index (χ0n) is 18.1. The molecule has 0 spiro atoms. The van der Waals surface area contributed by atoms with Gasteiger partial charge in [0.2, 0.25) is 0 Å². The Balaban J connectivity index is 1.45. The molecule has 5 rings (SSSR count). The minimum Gasteiger partial charge on any atom is -0.504 e. The van der Waals surface area contributed by atoms with Gasteiger partial charge in [-0.1, -0.05) is 42.0 Å². The summed E-state index contributed by atoms with van der Waals surface area (Å²) in [6, 6.07) is 19.2. The molecule has 3 atom stereocenters. The van der Waals surface area contributed by atoms with Crippen molar-refractivity contribution < 1.29 is 14.6 Å². The average molecular weight is 427 g/mol. The van der Waals surface area contributed by atoms with E-state index in [1.165, 1.54) is 0 Å². The first kappa shape index (κ1) is 20.2. The number of phenolic OH excluding ortho intramolecular Hbond substituents is 1. The number of methoxy groups -OCH3 is 1. The van der Waals surface area contributed by atoms with Gasteiger partial charge in [-0.2, -0.15) is 0 Å². The van der Waals surface area contributed by atoms with Gasteiger partial charge in [0, 0.05) is 28.4 Å². The quantitative estimate of drug-likeness (QED) is 0.462. The molecule has 3 unspecified atom stereocenters. The molecule has 32 heavy (non-hydrogen) atoms. The number of fused-ring (bicyclic) bond motifs is 3. The van der Waals surface area contributed by atoms with Crippen LogP contribution in [0.3, 0.4) is 0 Å². The van der Waals surface area contributed by atoms with E-state index in [0.29, 0.717) is 11.3 Å². The third-order valence-electron chi connectivity index (χ3n) is 6.49. The first-order valence-corrected chi connectivity index (χ1v) is 10.9. The maximum Gasteiger partial charge on any atom is 0.255 e. The van der Waals surface area contributed by atoms with Crippen LogP contribution in [0.15, 0.2) is 72.8 Å². The fourth-order valence-electron chi connectivity index (χ4n) is 4.92. The van der Waals surface area contributed by atoms with Gasteiger partial charge in [0.1, 0.15) is 0 Å². The van der Waals surface area contributed by atoms with Crippen molar-refractivity contribution in [2.24, 2.45) is 5.92 Å². The Morgan fingerprint density at radius 3 is 2.75 bits per heavy atom. The lowest BCUT2D eigenvalue weighted by Gasteiger charge is -2.38. The molecule has 1 amide bonds. The van der Waals surface area contributed by atoms with E-state index in [-0.39, 0.29) is 29.5 Å². The van der Waals surface area contributed by atoms with Crippen LogP contribution in [-0.2, 0) is 0 Å². The molecular weight excluding hydrogens is 400 g/mol. The molecule has 0 saturated heterocycles. The van der Waals surface area contributed by atoms with Gasteiger partial charge in [0.25, 0.3) is 5.91 Å². The second kappa shape index (κ2) is 8.08. The minimum atomic E-state index is -0.116. The second-order valence-corrected chi connectivity index (χ2v) is 8.50. The number of ether oxygens (including phenoxy) is 1. The SMILES string of the molecule is COc1cccc(C2Nc3ccc(NC(=O)c4cccc(C)c4)cc3C3C=CCC32)c1O. The van der Waals surface area contributed by atoms with Crippen molar-refractivity contribution in [2.45, 2.75) is 25.3 Å². The van der Waals surface area contributed by atoms with Gasteiger partial charge in [0.05, 0.1) is 13.2 Å². The number of carbonyl (C=O) groups is 1. The predicted octanol–water partition coefficient (Wildman–Crippen LogP) is 5.79. The van der Waals surface area contributed by atoms with Crippen molar-refractivity contribution in [3.8, 4) is 11.5 Å². The molecule has 5 nitrogen and oxygen atoms in total. The summed E-state index contributed by atoms with van der Waals surface area (Å²) in [7, 11) is 1.56. The molecule has 0 saturated carbocycles. The molecule has 162 valence electrons. The van der Waals surface area contributed by atoms with E-state index >= 15 is 0 Å². The van der Waals surface area contributed by atoms with Crippen LogP contribution in [0, 0.1) is 12.8 Å². The molecule has 3 aromatic rings. The van der Waals surface area contributed by atoms with Crippen molar-refractivity contribution in [1.29, 1.82) is 0 Å². The lowest BCUT2D eigenvalue weighted by Crippen LogP contribution is -2.29. The number of hydrogen-bond acceptors (Lipinski definition) is 4. The molecule has 2 aliphatic rings. The molecule has 1 aliphatic heterocycles. The summed E-state index contributed by atoms with van der Waals surface area (Å²) >= 11 is 0. The number of phenols is 1. The first-order chi connectivity index (χ1) is 15.5. The number of amides is 1.